The number of carbonyl (C=O) groups excluding carboxylic acids is 4. The first-order valence-electron chi connectivity index (χ1n) is 40.8. The number of aliphatic hydroxyl groups excluding tert-OH is 1. The third kappa shape index (κ3) is 75.7. The van der Waals surface area contributed by atoms with E-state index in [-0.39, 0.29) is 25.7 Å². The van der Waals surface area contributed by atoms with Crippen molar-refractivity contribution in [1.29, 1.82) is 0 Å². The molecule has 0 spiro atoms. The summed E-state index contributed by atoms with van der Waals surface area (Å²) in [5, 5.41) is 10.6. The van der Waals surface area contributed by atoms with E-state index in [1.54, 1.807) is 0 Å². The average molecular weight is 1500 g/mol. The maximum atomic E-state index is 13.1. The Bertz CT molecular complexity index is 2440. The summed E-state index contributed by atoms with van der Waals surface area (Å²) >= 11 is 0. The van der Waals surface area contributed by atoms with Crippen molar-refractivity contribution in [2.45, 2.75) is 354 Å². The second-order valence-corrected chi connectivity index (χ2v) is 29.9. The van der Waals surface area contributed by atoms with Crippen LogP contribution in [-0.2, 0) is 65.4 Å². The molecule has 0 saturated heterocycles. The van der Waals surface area contributed by atoms with Gasteiger partial charge >= 0.3 is 39.5 Å². The van der Waals surface area contributed by atoms with E-state index >= 15 is 0 Å². The van der Waals surface area contributed by atoms with Gasteiger partial charge in [0.15, 0.2) is 12.2 Å². The van der Waals surface area contributed by atoms with Gasteiger partial charge < -0.3 is 33.8 Å². The van der Waals surface area contributed by atoms with Gasteiger partial charge in [0, 0.05) is 25.7 Å². The number of ether oxygens (including phenoxy) is 4. The van der Waals surface area contributed by atoms with Gasteiger partial charge in [0.1, 0.15) is 19.3 Å². The van der Waals surface area contributed by atoms with E-state index in [0.717, 1.165) is 205 Å². The maximum Gasteiger partial charge on any atom is 0.472 e. The van der Waals surface area contributed by atoms with Gasteiger partial charge in [-0.15, -0.1) is 0 Å². The number of allylic oxidation sites excluding steroid dienone is 20. The van der Waals surface area contributed by atoms with E-state index in [1.165, 1.54) is 51.4 Å². The van der Waals surface area contributed by atoms with Gasteiger partial charge in [-0.1, -0.05) is 278 Å². The van der Waals surface area contributed by atoms with Gasteiger partial charge in [-0.25, -0.2) is 9.13 Å². The van der Waals surface area contributed by atoms with Crippen LogP contribution < -0.4 is 0 Å². The summed E-state index contributed by atoms with van der Waals surface area (Å²) in [5.41, 5.74) is 0. The molecule has 0 rings (SSSR count). The molecule has 0 aromatic rings. The lowest BCUT2D eigenvalue weighted by molar-refractivity contribution is -0.161. The Kier molecular flexibility index (Phi) is 73.3. The number of carbonyl (C=O) groups is 4. The van der Waals surface area contributed by atoms with E-state index in [1.807, 2.05) is 0 Å². The Morgan fingerprint density at radius 1 is 0.279 bits per heavy atom. The highest BCUT2D eigenvalue weighted by atomic mass is 31.2. The smallest absolute Gasteiger partial charge is 0.462 e. The molecule has 0 heterocycles. The number of hydrogen-bond acceptors (Lipinski definition) is 15. The van der Waals surface area contributed by atoms with Crippen molar-refractivity contribution < 1.29 is 80.2 Å². The lowest BCUT2D eigenvalue weighted by Crippen LogP contribution is -2.30. The predicted molar refractivity (Wildman–Crippen MR) is 427 cm³/mol. The molecule has 0 aromatic carbocycles. The monoisotopic (exact) mass is 1500 g/mol. The van der Waals surface area contributed by atoms with Crippen LogP contribution in [0.5, 0.6) is 0 Å². The van der Waals surface area contributed by atoms with E-state index in [0.29, 0.717) is 25.7 Å². The summed E-state index contributed by atoms with van der Waals surface area (Å²) in [5.74, 6) is -2.22. The minimum Gasteiger partial charge on any atom is -0.462 e. The zero-order chi connectivity index (χ0) is 76.0. The number of unbranched alkanes of at least 4 members (excludes halogenated alkanes) is 30. The Labute approximate surface area is 632 Å². The molecule has 104 heavy (non-hydrogen) atoms. The predicted octanol–water partition coefficient (Wildman–Crippen LogP) is 23.9. The van der Waals surface area contributed by atoms with Crippen molar-refractivity contribution in [3.8, 4) is 0 Å². The van der Waals surface area contributed by atoms with Gasteiger partial charge in [0.25, 0.3) is 0 Å². The molecule has 0 aliphatic rings. The van der Waals surface area contributed by atoms with Gasteiger partial charge in [-0.05, 0) is 154 Å². The van der Waals surface area contributed by atoms with Gasteiger partial charge in [0.05, 0.1) is 26.4 Å². The molecule has 3 N–H and O–H groups in total. The van der Waals surface area contributed by atoms with E-state index in [9.17, 15) is 43.2 Å². The number of rotatable bonds is 76. The van der Waals surface area contributed by atoms with Gasteiger partial charge in [-0.3, -0.25) is 37.3 Å². The highest BCUT2D eigenvalue weighted by molar-refractivity contribution is 7.47. The Morgan fingerprint density at radius 2 is 0.510 bits per heavy atom. The summed E-state index contributed by atoms with van der Waals surface area (Å²) in [4.78, 5) is 73.0. The van der Waals surface area contributed by atoms with Crippen molar-refractivity contribution in [2.75, 3.05) is 39.6 Å². The fraction of sp³-hybridized carbons (Fsp3) is 0.718. The topological polar surface area (TPSA) is 237 Å². The minimum atomic E-state index is -4.99. The van der Waals surface area contributed by atoms with E-state index in [4.69, 9.17) is 37.0 Å². The molecule has 17 nitrogen and oxygen atoms in total. The quantitative estimate of drug-likeness (QED) is 0.0169. The second-order valence-electron chi connectivity index (χ2n) is 27.0. The zero-order valence-corrected chi connectivity index (χ0v) is 67.2. The standard InChI is InChI=1S/C85H146O17P2/c1-5-9-13-17-21-25-29-32-35-37-39-41-44-47-51-54-58-62-66-70-83(88)96-76-81(102-85(90)72-68-64-60-56-52-48-45-42-40-38-36-33-30-26-22-18-14-10-6-2)78-100-104(93,94)98-74-79(86)73-97-103(91,92)99-77-80(101-84(89)71-67-63-59-55-49-28-24-20-16-12-8-4)75-95-82(87)69-65-61-57-53-50-46-43-34-31-27-23-19-15-11-7-3/h9,13,20-27,32-36,39-43,79-81,86H,5-8,10-12,14-19,28-31,37-38,44-78H2,1-4H3,(H,91,92)(H,93,94)/b13-9-,24-20-,25-21-,26-22-,27-23-,35-32-,36-33-,41-39-,42-40-,43-34-. The van der Waals surface area contributed by atoms with Gasteiger partial charge in [-0.2, -0.15) is 0 Å². The van der Waals surface area contributed by atoms with Crippen molar-refractivity contribution >= 4 is 39.5 Å². The number of phosphoric acid groups is 2. The SMILES string of the molecule is CC/C=C\C/C=C\C/C=C\C/C=C\CCCCCCCCC(=O)OCC(COP(=O)(O)OCC(O)COP(=O)(O)OCC(COC(=O)CCCCCCC/C=C\C/C=C\CCCCC)OC(=O)CCCCCCC/C=C\CCCC)OC(=O)CCCCCCCC/C=C\C/C=C\C/C=C\CCCCC. The Morgan fingerprint density at radius 3 is 0.808 bits per heavy atom. The summed E-state index contributed by atoms with van der Waals surface area (Å²) in [6.45, 7) is 4.64. The third-order valence-electron chi connectivity index (χ3n) is 16.9. The molecule has 0 fully saturated rings. The average Bonchev–Trinajstić information content (AvgIpc) is 0.928. The first kappa shape index (κ1) is 99.5. The molecule has 0 aliphatic heterocycles. The molecule has 0 bridgehead atoms. The molecule has 0 radical (unpaired) electrons. The van der Waals surface area contributed by atoms with Crippen molar-refractivity contribution in [2.24, 2.45) is 0 Å². The van der Waals surface area contributed by atoms with Gasteiger partial charge in [0.2, 0.25) is 0 Å². The van der Waals surface area contributed by atoms with Crippen LogP contribution in [0.2, 0.25) is 0 Å². The molecule has 0 aromatic heterocycles. The Hall–Kier alpha value is -4.54. The van der Waals surface area contributed by atoms with Crippen LogP contribution in [0.3, 0.4) is 0 Å². The minimum absolute atomic E-state index is 0.0746. The van der Waals surface area contributed by atoms with Crippen LogP contribution in [0.4, 0.5) is 0 Å². The second kappa shape index (κ2) is 76.6. The molecule has 0 amide bonds. The summed E-state index contributed by atoms with van der Waals surface area (Å²) < 4.78 is 68.6. The Balaban J connectivity index is 5.37. The van der Waals surface area contributed by atoms with Crippen LogP contribution in [0, 0.1) is 0 Å². The summed E-state index contributed by atoms with van der Waals surface area (Å²) in [6, 6.07) is 0. The van der Waals surface area contributed by atoms with Crippen LogP contribution in [-0.4, -0.2) is 96.7 Å². The van der Waals surface area contributed by atoms with Crippen LogP contribution in [0.25, 0.3) is 0 Å². The van der Waals surface area contributed by atoms with Crippen molar-refractivity contribution in [1.82, 2.24) is 0 Å². The maximum absolute atomic E-state index is 13.1. The molecule has 598 valence electrons. The number of phosphoric ester groups is 2. The molecule has 0 saturated carbocycles. The molecule has 5 atom stereocenters. The fourth-order valence-electron chi connectivity index (χ4n) is 10.6. The highest BCUT2D eigenvalue weighted by Gasteiger charge is 2.30. The summed E-state index contributed by atoms with van der Waals surface area (Å²) in [7, 11) is -9.97. The summed E-state index contributed by atoms with van der Waals surface area (Å²) in [6.07, 6.45) is 84.6. The number of aliphatic hydroxyl groups is 1. The van der Waals surface area contributed by atoms with Crippen LogP contribution in [0.1, 0.15) is 336 Å². The molecular formula is C85H146O17P2. The van der Waals surface area contributed by atoms with Crippen molar-refractivity contribution in [3.05, 3.63) is 122 Å². The largest absolute Gasteiger partial charge is 0.472 e. The molecular weight excluding hydrogens is 1350 g/mol. The van der Waals surface area contributed by atoms with Crippen LogP contribution >= 0.6 is 15.6 Å². The molecule has 5 unspecified atom stereocenters. The zero-order valence-electron chi connectivity index (χ0n) is 65.4. The normalized spacial score (nSPS) is 14.5. The molecule has 19 heteroatoms. The lowest BCUT2D eigenvalue weighted by atomic mass is 10.1. The first-order chi connectivity index (χ1) is 50.7. The lowest BCUT2D eigenvalue weighted by Gasteiger charge is -2.21. The highest BCUT2D eigenvalue weighted by Crippen LogP contribution is 2.45. The third-order valence-corrected chi connectivity index (χ3v) is 18.8. The fourth-order valence-corrected chi connectivity index (χ4v) is 12.2. The van der Waals surface area contributed by atoms with E-state index < -0.39 is 97.5 Å². The number of hydrogen-bond donors (Lipinski definition) is 3. The van der Waals surface area contributed by atoms with Crippen molar-refractivity contribution in [3.63, 3.8) is 0 Å². The van der Waals surface area contributed by atoms with Crippen LogP contribution in [0.15, 0.2) is 122 Å². The first-order valence-corrected chi connectivity index (χ1v) is 43.8. The van der Waals surface area contributed by atoms with E-state index in [2.05, 4.69) is 149 Å². The molecule has 0 aliphatic carbocycles. The number of esters is 4.